The van der Waals surface area contributed by atoms with Gasteiger partial charge < -0.3 is 14.3 Å². The lowest BCUT2D eigenvalue weighted by Crippen LogP contribution is -2.30. The molecular weight excluding hydrogens is 372 g/mol. The SMILES string of the molecule is C=CCO/N=C(\C)c1ccc(OCc2ccccc2N(OC)C(=O)OC)c(C)c1. The Balaban J connectivity index is 2.16. The number of anilines is 1. The maximum absolute atomic E-state index is 11.9. The van der Waals surface area contributed by atoms with E-state index in [1.54, 1.807) is 12.1 Å². The molecule has 0 spiro atoms. The molecule has 0 radical (unpaired) electrons. The minimum Gasteiger partial charge on any atom is -0.489 e. The maximum Gasteiger partial charge on any atom is 0.438 e. The van der Waals surface area contributed by atoms with Crippen molar-refractivity contribution in [3.05, 3.63) is 71.8 Å². The van der Waals surface area contributed by atoms with E-state index in [0.717, 1.165) is 33.2 Å². The van der Waals surface area contributed by atoms with Gasteiger partial charge in [-0.3, -0.25) is 4.84 Å². The van der Waals surface area contributed by atoms with Gasteiger partial charge in [-0.15, -0.1) is 0 Å². The van der Waals surface area contributed by atoms with Crippen LogP contribution in [-0.2, 0) is 21.0 Å². The van der Waals surface area contributed by atoms with Crippen LogP contribution in [-0.4, -0.2) is 32.6 Å². The molecular formula is C22H26N2O5. The molecule has 2 aromatic carbocycles. The molecule has 29 heavy (non-hydrogen) atoms. The monoisotopic (exact) mass is 398 g/mol. The first-order valence-corrected chi connectivity index (χ1v) is 9.03. The summed E-state index contributed by atoms with van der Waals surface area (Å²) in [6.45, 7) is 8.04. The van der Waals surface area contributed by atoms with E-state index < -0.39 is 6.09 Å². The Morgan fingerprint density at radius 1 is 1.21 bits per heavy atom. The second-order valence-electron chi connectivity index (χ2n) is 6.11. The molecule has 0 N–H and O–H groups in total. The number of hydroxylamine groups is 1. The number of para-hydroxylation sites is 1. The topological polar surface area (TPSA) is 69.6 Å². The van der Waals surface area contributed by atoms with E-state index in [4.69, 9.17) is 19.1 Å². The van der Waals surface area contributed by atoms with Crippen LogP contribution in [0.4, 0.5) is 10.5 Å². The number of rotatable bonds is 9. The number of benzene rings is 2. The molecule has 2 aromatic rings. The van der Waals surface area contributed by atoms with Crippen molar-refractivity contribution in [1.29, 1.82) is 0 Å². The average Bonchev–Trinajstić information content (AvgIpc) is 2.74. The second-order valence-corrected chi connectivity index (χ2v) is 6.11. The van der Waals surface area contributed by atoms with Gasteiger partial charge in [-0.05, 0) is 49.2 Å². The molecule has 0 fully saturated rings. The van der Waals surface area contributed by atoms with Crippen molar-refractivity contribution in [3.63, 3.8) is 0 Å². The maximum atomic E-state index is 11.9. The largest absolute Gasteiger partial charge is 0.489 e. The van der Waals surface area contributed by atoms with Gasteiger partial charge in [-0.2, -0.15) is 5.06 Å². The van der Waals surface area contributed by atoms with Gasteiger partial charge in [0.05, 0.1) is 25.6 Å². The Labute approximate surface area is 171 Å². The molecule has 0 aliphatic rings. The molecule has 0 aliphatic carbocycles. The van der Waals surface area contributed by atoms with Crippen LogP contribution < -0.4 is 9.80 Å². The van der Waals surface area contributed by atoms with Gasteiger partial charge in [0, 0.05) is 5.56 Å². The molecule has 7 nitrogen and oxygen atoms in total. The van der Waals surface area contributed by atoms with Crippen LogP contribution in [0.15, 0.2) is 60.3 Å². The van der Waals surface area contributed by atoms with Crippen molar-refractivity contribution in [2.24, 2.45) is 5.16 Å². The van der Waals surface area contributed by atoms with Gasteiger partial charge in [0.25, 0.3) is 0 Å². The van der Waals surface area contributed by atoms with E-state index in [2.05, 4.69) is 11.7 Å². The smallest absolute Gasteiger partial charge is 0.438 e. The van der Waals surface area contributed by atoms with E-state index in [-0.39, 0.29) is 6.61 Å². The van der Waals surface area contributed by atoms with Crippen LogP contribution in [0, 0.1) is 6.92 Å². The number of amides is 1. The number of oxime groups is 1. The van der Waals surface area contributed by atoms with Crippen molar-refractivity contribution in [2.75, 3.05) is 25.9 Å². The van der Waals surface area contributed by atoms with E-state index in [9.17, 15) is 4.79 Å². The molecule has 154 valence electrons. The minimum atomic E-state index is -0.617. The molecule has 0 unspecified atom stereocenters. The zero-order valence-corrected chi connectivity index (χ0v) is 17.2. The van der Waals surface area contributed by atoms with Crippen LogP contribution in [0.25, 0.3) is 0 Å². The molecule has 0 aromatic heterocycles. The Morgan fingerprint density at radius 2 is 1.97 bits per heavy atom. The second kappa shape index (κ2) is 10.9. The quantitative estimate of drug-likeness (QED) is 0.266. The van der Waals surface area contributed by atoms with Crippen molar-refractivity contribution >= 4 is 17.5 Å². The average molecular weight is 398 g/mol. The number of hydrogen-bond donors (Lipinski definition) is 0. The number of methoxy groups -OCH3 is 1. The minimum absolute atomic E-state index is 0.253. The molecule has 0 saturated heterocycles. The highest BCUT2D eigenvalue weighted by atomic mass is 16.7. The highest BCUT2D eigenvalue weighted by molar-refractivity contribution is 5.98. The standard InChI is InChI=1S/C22H26N2O5/c1-6-13-29-23-17(3)18-11-12-21(16(2)14-18)28-15-19-9-7-8-10-20(19)24(27-5)22(25)26-4/h6-12,14H,1,13,15H2,2-5H3/b23-17+. The van der Waals surface area contributed by atoms with Crippen molar-refractivity contribution in [3.8, 4) is 5.75 Å². The molecule has 1 amide bonds. The predicted molar refractivity (Wildman–Crippen MR) is 112 cm³/mol. The summed E-state index contributed by atoms with van der Waals surface area (Å²) in [5.41, 5.74) is 3.99. The summed E-state index contributed by atoms with van der Waals surface area (Å²) in [4.78, 5) is 22.2. The van der Waals surface area contributed by atoms with Gasteiger partial charge in [-0.25, -0.2) is 4.79 Å². The Morgan fingerprint density at radius 3 is 2.62 bits per heavy atom. The van der Waals surface area contributed by atoms with Gasteiger partial charge in [-0.1, -0.05) is 36.0 Å². The van der Waals surface area contributed by atoms with E-state index >= 15 is 0 Å². The number of nitrogens with zero attached hydrogens (tertiary/aromatic N) is 2. The molecule has 0 atom stereocenters. The van der Waals surface area contributed by atoms with Crippen molar-refractivity contribution < 1.29 is 23.9 Å². The van der Waals surface area contributed by atoms with Crippen LogP contribution in [0.1, 0.15) is 23.6 Å². The summed E-state index contributed by atoms with van der Waals surface area (Å²) in [7, 11) is 2.70. The summed E-state index contributed by atoms with van der Waals surface area (Å²) in [5, 5.41) is 5.14. The molecule has 7 heteroatoms. The zero-order chi connectivity index (χ0) is 21.2. The highest BCUT2D eigenvalue weighted by Crippen LogP contribution is 2.25. The Bertz CT molecular complexity index is 879. The normalized spacial score (nSPS) is 11.0. The van der Waals surface area contributed by atoms with E-state index in [1.165, 1.54) is 14.2 Å². The molecule has 2 rings (SSSR count). The highest BCUT2D eigenvalue weighted by Gasteiger charge is 2.19. The summed E-state index contributed by atoms with van der Waals surface area (Å²) in [6.07, 6.45) is 1.02. The fourth-order valence-corrected chi connectivity index (χ4v) is 2.62. The van der Waals surface area contributed by atoms with Crippen LogP contribution in [0.3, 0.4) is 0 Å². The van der Waals surface area contributed by atoms with Crippen molar-refractivity contribution in [1.82, 2.24) is 0 Å². The van der Waals surface area contributed by atoms with Gasteiger partial charge in [0.2, 0.25) is 0 Å². The number of carbonyl (C=O) groups excluding carboxylic acids is 1. The summed E-state index contributed by atoms with van der Waals surface area (Å²) < 4.78 is 10.7. The first kappa shape index (κ1) is 22.0. The van der Waals surface area contributed by atoms with Crippen molar-refractivity contribution in [2.45, 2.75) is 20.5 Å². The number of ether oxygens (including phenoxy) is 2. The third-order valence-electron chi connectivity index (χ3n) is 4.10. The Kier molecular flexibility index (Phi) is 8.24. The first-order valence-electron chi connectivity index (χ1n) is 9.03. The zero-order valence-electron chi connectivity index (χ0n) is 17.2. The van der Waals surface area contributed by atoms with E-state index in [1.807, 2.05) is 50.2 Å². The molecule has 0 aliphatic heterocycles. The summed E-state index contributed by atoms with van der Waals surface area (Å²) in [5.74, 6) is 0.727. The Hall–Kier alpha value is -3.32. The molecule has 0 heterocycles. The van der Waals surface area contributed by atoms with Crippen LogP contribution in [0.2, 0.25) is 0 Å². The lowest BCUT2D eigenvalue weighted by Gasteiger charge is -2.21. The predicted octanol–water partition coefficient (Wildman–Crippen LogP) is 4.63. The third kappa shape index (κ3) is 5.83. The summed E-state index contributed by atoms with van der Waals surface area (Å²) >= 11 is 0. The van der Waals surface area contributed by atoms with Crippen LogP contribution >= 0.6 is 0 Å². The fraction of sp³-hybridized carbons (Fsp3) is 0.273. The lowest BCUT2D eigenvalue weighted by atomic mass is 10.1. The fourth-order valence-electron chi connectivity index (χ4n) is 2.62. The molecule has 0 saturated carbocycles. The van der Waals surface area contributed by atoms with Gasteiger partial charge in [0.15, 0.2) is 0 Å². The number of carbonyl (C=O) groups is 1. The van der Waals surface area contributed by atoms with Gasteiger partial charge in [0.1, 0.15) is 19.0 Å². The molecule has 0 bridgehead atoms. The number of aryl methyl sites for hydroxylation is 1. The first-order chi connectivity index (χ1) is 14.0. The lowest BCUT2D eigenvalue weighted by molar-refractivity contribution is 0.115. The van der Waals surface area contributed by atoms with Gasteiger partial charge >= 0.3 is 6.09 Å². The van der Waals surface area contributed by atoms with Crippen LogP contribution in [0.5, 0.6) is 5.75 Å². The third-order valence-corrected chi connectivity index (χ3v) is 4.10. The number of hydrogen-bond acceptors (Lipinski definition) is 6. The summed E-state index contributed by atoms with van der Waals surface area (Å²) in [6, 6.07) is 13.1. The van der Waals surface area contributed by atoms with E-state index in [0.29, 0.717) is 12.3 Å².